The summed E-state index contributed by atoms with van der Waals surface area (Å²) >= 11 is -1.63. The van der Waals surface area contributed by atoms with Crippen LogP contribution in [-0.2, 0) is 17.4 Å². The zero-order chi connectivity index (χ0) is 17.0. The first-order chi connectivity index (χ1) is 11.5. The van der Waals surface area contributed by atoms with Crippen molar-refractivity contribution >= 4 is 16.0 Å². The summed E-state index contributed by atoms with van der Waals surface area (Å²) in [7, 11) is 0. The van der Waals surface area contributed by atoms with Gasteiger partial charge in [0.2, 0.25) is 0 Å². The van der Waals surface area contributed by atoms with Crippen LogP contribution in [0.1, 0.15) is 55.7 Å². The molecule has 2 unspecified atom stereocenters. The van der Waals surface area contributed by atoms with Gasteiger partial charge in [-0.05, 0) is 0 Å². The summed E-state index contributed by atoms with van der Waals surface area (Å²) in [6.45, 7) is 9.01. The van der Waals surface area contributed by atoms with Gasteiger partial charge in [0.25, 0.3) is 0 Å². The zero-order valence-electron chi connectivity index (χ0n) is 15.7. The van der Waals surface area contributed by atoms with Crippen molar-refractivity contribution in [2.75, 3.05) is 0 Å². The monoisotopic (exact) mass is 418 g/mol. The third-order valence-corrected chi connectivity index (χ3v) is 9.69. The van der Waals surface area contributed by atoms with Crippen LogP contribution >= 0.6 is 0 Å². The number of halogens is 2. The maximum absolute atomic E-state index is 4.81. The molecule has 0 radical (unpaired) electrons. The summed E-state index contributed by atoms with van der Waals surface area (Å²) in [4.78, 5) is 4.81. The topological polar surface area (TPSA) is 0 Å². The molecule has 134 valence electrons. The summed E-state index contributed by atoms with van der Waals surface area (Å²) in [5.41, 5.74) is 11.7. The van der Waals surface area contributed by atoms with E-state index in [4.69, 9.17) is 4.82 Å². The van der Waals surface area contributed by atoms with E-state index in [0.717, 1.165) is 0 Å². The number of aryl methyl sites for hydroxylation is 2. The van der Waals surface area contributed by atoms with Gasteiger partial charge in [-0.2, -0.15) is 0 Å². The number of rotatable bonds is 2. The number of benzene rings is 2. The molecule has 2 aromatic rings. The molecule has 0 spiro atoms. The molecule has 0 saturated carbocycles. The van der Waals surface area contributed by atoms with Gasteiger partial charge < -0.3 is 24.8 Å². The van der Waals surface area contributed by atoms with Crippen molar-refractivity contribution in [3.8, 4) is 0 Å². The molecule has 0 aliphatic heterocycles. The van der Waals surface area contributed by atoms with Crippen LogP contribution in [0.25, 0.3) is 11.1 Å². The minimum absolute atomic E-state index is 0. The third kappa shape index (κ3) is 3.23. The number of hydrogen-bond donors (Lipinski definition) is 0. The molecule has 0 fully saturated rings. The van der Waals surface area contributed by atoms with Crippen molar-refractivity contribution in [3.63, 3.8) is 0 Å². The maximum atomic E-state index is 4.81. The Morgan fingerprint density at radius 1 is 0.692 bits per heavy atom. The Bertz CT molecular complexity index is 862. The zero-order valence-corrected chi connectivity index (χ0v) is 18.8. The quantitative estimate of drug-likeness (QED) is 0.601. The van der Waals surface area contributed by atoms with Gasteiger partial charge in [-0.1, -0.05) is 0 Å². The second-order valence-electron chi connectivity index (χ2n) is 7.31. The van der Waals surface area contributed by atoms with Gasteiger partial charge in [0.05, 0.1) is 0 Å². The fourth-order valence-electron chi connectivity index (χ4n) is 4.63. The Labute approximate surface area is 175 Å². The van der Waals surface area contributed by atoms with Crippen LogP contribution in [0, 0.1) is 13.8 Å². The van der Waals surface area contributed by atoms with E-state index in [-0.39, 0.29) is 24.8 Å². The summed E-state index contributed by atoms with van der Waals surface area (Å²) < 4.78 is 1.14. The minimum Gasteiger partial charge on any atom is -1.00 e. The molecule has 0 bridgehead atoms. The molecule has 2 aliphatic carbocycles. The normalized spacial score (nSPS) is 19.2. The molecule has 0 aromatic heterocycles. The van der Waals surface area contributed by atoms with Gasteiger partial charge in [-0.3, -0.25) is 0 Å². The van der Waals surface area contributed by atoms with Gasteiger partial charge in [-0.25, -0.2) is 0 Å². The van der Waals surface area contributed by atoms with Crippen molar-refractivity contribution in [3.05, 3.63) is 81.9 Å². The number of hydrogen-bond acceptors (Lipinski definition) is 0. The molecular weight excluding hydrogens is 395 g/mol. The first kappa shape index (κ1) is 21.4. The second kappa shape index (κ2) is 7.99. The Hall–Kier alpha value is -0.916. The van der Waals surface area contributed by atoms with Crippen LogP contribution in [0.4, 0.5) is 0 Å². The van der Waals surface area contributed by atoms with Gasteiger partial charge in [0, 0.05) is 0 Å². The molecule has 0 saturated heterocycles. The minimum atomic E-state index is -1.63. The molecule has 2 aromatic carbocycles. The second-order valence-corrected chi connectivity index (χ2v) is 11.0. The maximum Gasteiger partial charge on any atom is -1.00 e. The van der Waals surface area contributed by atoms with Crippen LogP contribution in [-0.4, -0.2) is 4.82 Å². The molecular formula is C23H24Cl2Ti. The molecule has 3 heteroatoms. The van der Waals surface area contributed by atoms with E-state index in [2.05, 4.69) is 76.2 Å². The number of allylic oxidation sites excluding steroid dienone is 4. The number of fused-ring (bicyclic) bond motifs is 2. The largest absolute Gasteiger partial charge is 1.00 e. The summed E-state index contributed by atoms with van der Waals surface area (Å²) in [6.07, 6.45) is 5.02. The molecule has 0 heterocycles. The average molecular weight is 419 g/mol. The Morgan fingerprint density at radius 2 is 1.08 bits per heavy atom. The molecule has 2 aliphatic rings. The van der Waals surface area contributed by atoms with E-state index in [0.29, 0.717) is 8.45 Å². The van der Waals surface area contributed by atoms with Crippen molar-refractivity contribution in [2.45, 2.75) is 36.1 Å². The molecule has 0 N–H and O–H groups in total. The van der Waals surface area contributed by atoms with E-state index < -0.39 is 17.4 Å². The predicted octanol–water partition coefficient (Wildman–Crippen LogP) is -0.0222. The Morgan fingerprint density at radius 3 is 1.46 bits per heavy atom. The van der Waals surface area contributed by atoms with Crippen LogP contribution < -0.4 is 24.8 Å². The SMILES string of the molecule is [CH2]=[Ti+2]([CH]1C=C(C)c2c(C)cccc21)[CH]1C=C(C)c2c(C)cccc21.[Cl-].[Cl-]. The molecule has 0 nitrogen and oxygen atoms in total. The summed E-state index contributed by atoms with van der Waals surface area (Å²) in [5.74, 6) is 0. The molecule has 26 heavy (non-hydrogen) atoms. The third-order valence-electron chi connectivity index (χ3n) is 5.70. The summed E-state index contributed by atoms with van der Waals surface area (Å²) in [6, 6.07) is 13.6. The van der Waals surface area contributed by atoms with Crippen LogP contribution in [0.3, 0.4) is 0 Å². The van der Waals surface area contributed by atoms with Gasteiger partial charge >= 0.3 is 151 Å². The van der Waals surface area contributed by atoms with Gasteiger partial charge in [0.1, 0.15) is 0 Å². The van der Waals surface area contributed by atoms with Crippen molar-refractivity contribution < 1.29 is 42.2 Å². The molecule has 2 atom stereocenters. The smallest absolute Gasteiger partial charge is 1.00 e. The standard InChI is InChI=1S/2C11H11.CH2.2ClH.Ti/c2*1-8-4-3-5-10-7-6-9(2)11(8)10;;;;/h2*3-7H,1-2H3;1H2;2*1H;/q;;;;;+2/p-2. The van der Waals surface area contributed by atoms with Crippen molar-refractivity contribution in [1.29, 1.82) is 0 Å². The van der Waals surface area contributed by atoms with Crippen molar-refractivity contribution in [1.82, 2.24) is 0 Å². The van der Waals surface area contributed by atoms with Crippen LogP contribution in [0.5, 0.6) is 0 Å². The summed E-state index contributed by atoms with van der Waals surface area (Å²) in [5, 5.41) is 0. The van der Waals surface area contributed by atoms with E-state index in [1.165, 1.54) is 44.5 Å². The van der Waals surface area contributed by atoms with Crippen LogP contribution in [0.15, 0.2) is 48.6 Å². The molecule has 4 rings (SSSR count). The molecule has 0 amide bonds. The van der Waals surface area contributed by atoms with Gasteiger partial charge in [-0.15, -0.1) is 0 Å². The Balaban J connectivity index is 0.00000121. The fraction of sp³-hybridized carbons (Fsp3) is 0.261. The van der Waals surface area contributed by atoms with E-state index in [1.807, 2.05) is 0 Å². The first-order valence-corrected chi connectivity index (χ1v) is 11.6. The average Bonchev–Trinajstić information content (AvgIpc) is 3.07. The van der Waals surface area contributed by atoms with Gasteiger partial charge in [0.15, 0.2) is 0 Å². The predicted molar refractivity (Wildman–Crippen MR) is 102 cm³/mol. The fourth-order valence-corrected chi connectivity index (χ4v) is 8.68. The van der Waals surface area contributed by atoms with E-state index in [1.54, 1.807) is 0 Å². The Kier molecular flexibility index (Phi) is 6.57. The first-order valence-electron chi connectivity index (χ1n) is 8.74. The van der Waals surface area contributed by atoms with E-state index >= 15 is 0 Å². The van der Waals surface area contributed by atoms with Crippen molar-refractivity contribution in [2.24, 2.45) is 0 Å². The van der Waals surface area contributed by atoms with Crippen LogP contribution in [0.2, 0.25) is 0 Å². The van der Waals surface area contributed by atoms with E-state index in [9.17, 15) is 0 Å².